The Labute approximate surface area is 105 Å². The van der Waals surface area contributed by atoms with Crippen LogP contribution in [0.2, 0.25) is 0 Å². The number of nitrogens with one attached hydrogen (secondary N) is 1. The van der Waals surface area contributed by atoms with Crippen molar-refractivity contribution in [3.8, 4) is 0 Å². The number of hydrogen-bond acceptors (Lipinski definition) is 2. The minimum atomic E-state index is 0.331. The Balaban J connectivity index is 1.54. The fourth-order valence-corrected chi connectivity index (χ4v) is 4.36. The highest BCUT2D eigenvalue weighted by atomic mass is 16.5. The van der Waals surface area contributed by atoms with E-state index in [9.17, 15) is 0 Å². The Kier molecular flexibility index (Phi) is 2.99. The molecular weight excluding hydrogens is 210 g/mol. The Morgan fingerprint density at radius 2 is 2.00 bits per heavy atom. The lowest BCUT2D eigenvalue weighted by molar-refractivity contribution is -0.117. The molecule has 0 aromatic heterocycles. The highest BCUT2D eigenvalue weighted by Gasteiger charge is 2.51. The zero-order chi connectivity index (χ0) is 12.0. The molecule has 3 fully saturated rings. The first-order valence-electron chi connectivity index (χ1n) is 7.49. The number of rotatable bonds is 4. The fraction of sp³-hybridized carbons (Fsp3) is 1.00. The Hall–Kier alpha value is -0.0800. The predicted octanol–water partition coefficient (Wildman–Crippen LogP) is 2.97. The number of hydrogen-bond donors (Lipinski definition) is 1. The van der Waals surface area contributed by atoms with Crippen molar-refractivity contribution in [1.29, 1.82) is 0 Å². The second-order valence-corrected chi connectivity index (χ2v) is 7.00. The molecule has 5 unspecified atom stereocenters. The molecule has 2 heteroatoms. The molecule has 0 radical (unpaired) electrons. The first-order chi connectivity index (χ1) is 8.11. The molecule has 0 saturated heterocycles. The van der Waals surface area contributed by atoms with Gasteiger partial charge in [-0.2, -0.15) is 0 Å². The quantitative estimate of drug-likeness (QED) is 0.811. The lowest BCUT2D eigenvalue weighted by Gasteiger charge is -2.53. The second kappa shape index (κ2) is 4.24. The van der Waals surface area contributed by atoms with E-state index in [2.05, 4.69) is 26.1 Å². The van der Waals surface area contributed by atoms with Crippen molar-refractivity contribution in [2.75, 3.05) is 6.61 Å². The average molecular weight is 237 g/mol. The van der Waals surface area contributed by atoms with E-state index in [1.807, 2.05) is 0 Å². The monoisotopic (exact) mass is 237 g/mol. The van der Waals surface area contributed by atoms with Gasteiger partial charge in [-0.05, 0) is 44.4 Å². The van der Waals surface area contributed by atoms with Gasteiger partial charge < -0.3 is 10.1 Å². The van der Waals surface area contributed by atoms with E-state index in [4.69, 9.17) is 4.74 Å². The normalized spacial score (nSPS) is 47.1. The highest BCUT2D eigenvalue weighted by molar-refractivity contribution is 5.06. The molecule has 3 rings (SSSR count). The Morgan fingerprint density at radius 1 is 1.18 bits per heavy atom. The van der Waals surface area contributed by atoms with Crippen LogP contribution in [0.4, 0.5) is 0 Å². The third-order valence-electron chi connectivity index (χ3n) is 5.70. The zero-order valence-corrected chi connectivity index (χ0v) is 11.5. The zero-order valence-electron chi connectivity index (χ0n) is 11.5. The van der Waals surface area contributed by atoms with E-state index in [0.29, 0.717) is 17.6 Å². The van der Waals surface area contributed by atoms with Crippen LogP contribution in [0.25, 0.3) is 0 Å². The summed E-state index contributed by atoms with van der Waals surface area (Å²) in [6.07, 6.45) is 7.61. The van der Waals surface area contributed by atoms with E-state index in [-0.39, 0.29) is 0 Å². The van der Waals surface area contributed by atoms with Gasteiger partial charge in [0.05, 0.1) is 6.10 Å². The summed E-state index contributed by atoms with van der Waals surface area (Å²) < 4.78 is 5.81. The predicted molar refractivity (Wildman–Crippen MR) is 70.0 cm³/mol. The van der Waals surface area contributed by atoms with Crippen LogP contribution in [0.3, 0.4) is 0 Å². The maximum Gasteiger partial charge on any atom is 0.0655 e. The maximum atomic E-state index is 5.81. The van der Waals surface area contributed by atoms with Gasteiger partial charge >= 0.3 is 0 Å². The summed E-state index contributed by atoms with van der Waals surface area (Å²) in [6.45, 7) is 7.69. The van der Waals surface area contributed by atoms with Gasteiger partial charge in [0.1, 0.15) is 0 Å². The Morgan fingerprint density at radius 3 is 2.53 bits per heavy atom. The minimum absolute atomic E-state index is 0.331. The van der Waals surface area contributed by atoms with Crippen molar-refractivity contribution >= 4 is 0 Å². The van der Waals surface area contributed by atoms with Gasteiger partial charge in [-0.3, -0.25) is 0 Å². The summed E-state index contributed by atoms with van der Waals surface area (Å²) in [5, 5.41) is 3.95. The van der Waals surface area contributed by atoms with Gasteiger partial charge in [0.15, 0.2) is 0 Å². The standard InChI is InChI=1S/C15H27NO/c1-4-17-14-9-13(15(14,2)3)16-12-8-10-5-6-11(12)7-10/h10-14,16H,4-9H2,1-3H3. The van der Waals surface area contributed by atoms with E-state index in [1.54, 1.807) is 0 Å². The summed E-state index contributed by atoms with van der Waals surface area (Å²) >= 11 is 0. The smallest absolute Gasteiger partial charge is 0.0655 e. The molecule has 0 aromatic carbocycles. The third-order valence-corrected chi connectivity index (χ3v) is 5.70. The van der Waals surface area contributed by atoms with Gasteiger partial charge in [0.2, 0.25) is 0 Å². The molecule has 17 heavy (non-hydrogen) atoms. The van der Waals surface area contributed by atoms with Gasteiger partial charge in [-0.15, -0.1) is 0 Å². The van der Waals surface area contributed by atoms with Gasteiger partial charge in [0.25, 0.3) is 0 Å². The van der Waals surface area contributed by atoms with Crippen LogP contribution in [0, 0.1) is 17.3 Å². The highest BCUT2D eigenvalue weighted by Crippen LogP contribution is 2.48. The fourth-order valence-electron chi connectivity index (χ4n) is 4.36. The summed E-state index contributed by atoms with van der Waals surface area (Å²) in [4.78, 5) is 0. The SMILES string of the molecule is CCOC1CC(NC2CC3CCC2C3)C1(C)C. The van der Waals surface area contributed by atoms with Crippen LogP contribution in [0.5, 0.6) is 0 Å². The molecule has 3 aliphatic carbocycles. The van der Waals surface area contributed by atoms with Crippen molar-refractivity contribution in [3.63, 3.8) is 0 Å². The minimum Gasteiger partial charge on any atom is -0.378 e. The van der Waals surface area contributed by atoms with E-state index in [1.165, 1.54) is 32.1 Å². The van der Waals surface area contributed by atoms with Crippen molar-refractivity contribution in [2.45, 2.75) is 71.1 Å². The lowest BCUT2D eigenvalue weighted by Crippen LogP contribution is -2.63. The van der Waals surface area contributed by atoms with E-state index in [0.717, 1.165) is 24.5 Å². The second-order valence-electron chi connectivity index (χ2n) is 7.00. The van der Waals surface area contributed by atoms with Crippen molar-refractivity contribution < 1.29 is 4.74 Å². The molecule has 0 amide bonds. The van der Waals surface area contributed by atoms with Crippen molar-refractivity contribution in [2.24, 2.45) is 17.3 Å². The summed E-state index contributed by atoms with van der Waals surface area (Å²) in [6, 6.07) is 1.50. The number of fused-ring (bicyclic) bond motifs is 2. The van der Waals surface area contributed by atoms with Gasteiger partial charge in [-0.25, -0.2) is 0 Å². The number of ether oxygens (including phenoxy) is 1. The molecule has 98 valence electrons. The Bertz CT molecular complexity index is 289. The van der Waals surface area contributed by atoms with Crippen LogP contribution >= 0.6 is 0 Å². The molecule has 0 aliphatic heterocycles. The molecular formula is C15H27NO. The molecule has 3 aliphatic rings. The van der Waals surface area contributed by atoms with Crippen LogP contribution in [-0.2, 0) is 4.74 Å². The summed E-state index contributed by atoms with van der Waals surface area (Å²) in [5.41, 5.74) is 0.331. The van der Waals surface area contributed by atoms with Crippen molar-refractivity contribution in [3.05, 3.63) is 0 Å². The molecule has 0 heterocycles. The molecule has 5 atom stereocenters. The largest absolute Gasteiger partial charge is 0.378 e. The van der Waals surface area contributed by atoms with E-state index >= 15 is 0 Å². The topological polar surface area (TPSA) is 21.3 Å². The molecule has 0 aromatic rings. The molecule has 3 saturated carbocycles. The first kappa shape index (κ1) is 12.0. The summed E-state index contributed by atoms with van der Waals surface area (Å²) in [5.74, 6) is 2.03. The van der Waals surface area contributed by atoms with Crippen molar-refractivity contribution in [1.82, 2.24) is 5.32 Å². The third kappa shape index (κ3) is 1.94. The molecule has 1 N–H and O–H groups in total. The molecule has 2 bridgehead atoms. The molecule has 0 spiro atoms. The van der Waals surface area contributed by atoms with Crippen LogP contribution in [0.15, 0.2) is 0 Å². The lowest BCUT2D eigenvalue weighted by atomic mass is 9.64. The van der Waals surface area contributed by atoms with Gasteiger partial charge in [0, 0.05) is 24.1 Å². The average Bonchev–Trinajstić information content (AvgIpc) is 2.89. The van der Waals surface area contributed by atoms with Crippen LogP contribution in [-0.4, -0.2) is 24.8 Å². The maximum absolute atomic E-state index is 5.81. The molecule has 2 nitrogen and oxygen atoms in total. The van der Waals surface area contributed by atoms with E-state index < -0.39 is 0 Å². The van der Waals surface area contributed by atoms with Crippen LogP contribution < -0.4 is 5.32 Å². The van der Waals surface area contributed by atoms with Gasteiger partial charge in [-0.1, -0.05) is 20.3 Å². The summed E-state index contributed by atoms with van der Waals surface area (Å²) in [7, 11) is 0. The van der Waals surface area contributed by atoms with Crippen LogP contribution in [0.1, 0.15) is 52.9 Å². The first-order valence-corrected chi connectivity index (χ1v) is 7.49.